The number of hydrogen-bond donors (Lipinski definition) is 0. The summed E-state index contributed by atoms with van der Waals surface area (Å²) in [4.78, 5) is 16.4. The van der Waals surface area contributed by atoms with E-state index in [1.54, 1.807) is 30.6 Å². The lowest BCUT2D eigenvalue weighted by Crippen LogP contribution is -2.00. The van der Waals surface area contributed by atoms with E-state index >= 15 is 0 Å². The van der Waals surface area contributed by atoms with Crippen molar-refractivity contribution in [3.05, 3.63) is 64.8 Å². The molecule has 1 aromatic carbocycles. The van der Waals surface area contributed by atoms with E-state index < -0.39 is 0 Å². The molecule has 3 nitrogen and oxygen atoms in total. The minimum absolute atomic E-state index is 0.140. The van der Waals surface area contributed by atoms with Gasteiger partial charge in [-0.1, -0.05) is 18.2 Å². The summed E-state index contributed by atoms with van der Waals surface area (Å²) < 4.78 is 5.84. The van der Waals surface area contributed by atoms with E-state index in [0.29, 0.717) is 16.0 Å². The zero-order chi connectivity index (χ0) is 12.5. The van der Waals surface area contributed by atoms with Crippen LogP contribution in [0.3, 0.4) is 0 Å². The molecule has 0 aliphatic rings. The maximum atomic E-state index is 12.3. The first-order valence-corrected chi connectivity index (χ1v) is 6.18. The Kier molecular flexibility index (Phi) is 2.72. The Morgan fingerprint density at radius 3 is 2.83 bits per heavy atom. The number of carbonyl (C=O) groups is 1. The summed E-state index contributed by atoms with van der Waals surface area (Å²) in [5.41, 5.74) is 0.599. The fourth-order valence-electron chi connectivity index (χ4n) is 1.88. The lowest BCUT2D eigenvalue weighted by Gasteiger charge is -2.03. The van der Waals surface area contributed by atoms with Gasteiger partial charge in [0.05, 0.1) is 0 Å². The first kappa shape index (κ1) is 11.2. The Bertz CT molecular complexity index is 728. The van der Waals surface area contributed by atoms with Crippen molar-refractivity contribution in [2.45, 2.75) is 0 Å². The van der Waals surface area contributed by atoms with E-state index in [1.807, 2.05) is 18.2 Å². The molecule has 0 aliphatic heterocycles. The van der Waals surface area contributed by atoms with Gasteiger partial charge in [0, 0.05) is 23.3 Å². The number of furan rings is 1. The van der Waals surface area contributed by atoms with E-state index in [0.717, 1.165) is 10.8 Å². The van der Waals surface area contributed by atoms with Crippen molar-refractivity contribution < 1.29 is 9.21 Å². The number of nitrogens with zero attached hydrogens (tertiary/aromatic N) is 1. The van der Waals surface area contributed by atoms with Crippen LogP contribution >= 0.6 is 15.9 Å². The molecule has 2 heterocycles. The highest BCUT2D eigenvalue weighted by molar-refractivity contribution is 9.10. The Morgan fingerprint density at radius 2 is 2.06 bits per heavy atom. The smallest absolute Gasteiger partial charge is 0.228 e. The molecule has 18 heavy (non-hydrogen) atoms. The maximum Gasteiger partial charge on any atom is 0.228 e. The quantitative estimate of drug-likeness (QED) is 0.676. The summed E-state index contributed by atoms with van der Waals surface area (Å²) in [5, 5.41) is 1.82. The van der Waals surface area contributed by atoms with Gasteiger partial charge in [0.1, 0.15) is 0 Å². The van der Waals surface area contributed by atoms with E-state index in [2.05, 4.69) is 20.9 Å². The number of fused-ring (bicyclic) bond motifs is 1. The number of halogens is 1. The van der Waals surface area contributed by atoms with Crippen LogP contribution in [0, 0.1) is 0 Å². The molecular formula is C14H8BrNO2. The SMILES string of the molecule is O=C(c1ccc(Br)o1)c1cccc2ccncc12. The first-order valence-electron chi connectivity index (χ1n) is 5.38. The summed E-state index contributed by atoms with van der Waals surface area (Å²) in [6.07, 6.45) is 3.40. The molecule has 0 N–H and O–H groups in total. The highest BCUT2D eigenvalue weighted by Gasteiger charge is 2.15. The number of hydrogen-bond acceptors (Lipinski definition) is 3. The predicted molar refractivity (Wildman–Crippen MR) is 71.6 cm³/mol. The molecule has 0 unspecified atom stereocenters. The molecular weight excluding hydrogens is 294 g/mol. The van der Waals surface area contributed by atoms with Crippen LogP contribution in [-0.4, -0.2) is 10.8 Å². The van der Waals surface area contributed by atoms with Crippen LogP contribution < -0.4 is 0 Å². The molecule has 0 amide bonds. The molecule has 0 saturated heterocycles. The van der Waals surface area contributed by atoms with Crippen LogP contribution in [0.1, 0.15) is 16.1 Å². The standard InChI is InChI=1S/C14H8BrNO2/c15-13-5-4-12(18-13)14(17)10-3-1-2-9-6-7-16-8-11(9)10/h1-8H. The van der Waals surface area contributed by atoms with Crippen molar-refractivity contribution in [3.8, 4) is 0 Å². The second-order valence-electron chi connectivity index (χ2n) is 3.84. The highest BCUT2D eigenvalue weighted by Crippen LogP contribution is 2.22. The second kappa shape index (κ2) is 4.38. The van der Waals surface area contributed by atoms with Crippen molar-refractivity contribution in [1.29, 1.82) is 0 Å². The van der Waals surface area contributed by atoms with Crippen LogP contribution in [-0.2, 0) is 0 Å². The number of pyridine rings is 1. The molecule has 0 spiro atoms. The van der Waals surface area contributed by atoms with E-state index in [4.69, 9.17) is 4.42 Å². The van der Waals surface area contributed by atoms with Crippen molar-refractivity contribution >= 4 is 32.5 Å². The Hall–Kier alpha value is -1.94. The van der Waals surface area contributed by atoms with Crippen LogP contribution in [0.5, 0.6) is 0 Å². The predicted octanol–water partition coefficient (Wildman–Crippen LogP) is 3.82. The number of rotatable bonds is 2. The molecule has 0 fully saturated rings. The molecule has 4 heteroatoms. The number of carbonyl (C=O) groups excluding carboxylic acids is 1. The van der Waals surface area contributed by atoms with Crippen molar-refractivity contribution in [3.63, 3.8) is 0 Å². The molecule has 0 aliphatic carbocycles. The van der Waals surface area contributed by atoms with E-state index in [-0.39, 0.29) is 5.78 Å². The topological polar surface area (TPSA) is 43.1 Å². The molecule has 0 bridgehead atoms. The lowest BCUT2D eigenvalue weighted by molar-refractivity contribution is 0.101. The number of benzene rings is 1. The third kappa shape index (κ3) is 1.84. The molecule has 0 atom stereocenters. The summed E-state index contributed by atoms with van der Waals surface area (Å²) in [5.74, 6) is 0.178. The summed E-state index contributed by atoms with van der Waals surface area (Å²) in [6.45, 7) is 0. The zero-order valence-corrected chi connectivity index (χ0v) is 10.8. The second-order valence-corrected chi connectivity index (χ2v) is 4.62. The molecule has 3 aromatic rings. The van der Waals surface area contributed by atoms with Crippen molar-refractivity contribution in [2.24, 2.45) is 0 Å². The molecule has 88 valence electrons. The average molecular weight is 302 g/mol. The first-order chi connectivity index (χ1) is 8.75. The van der Waals surface area contributed by atoms with Gasteiger partial charge in [-0.2, -0.15) is 0 Å². The van der Waals surface area contributed by atoms with E-state index in [9.17, 15) is 4.79 Å². The summed E-state index contributed by atoms with van der Waals surface area (Å²) >= 11 is 3.19. The minimum Gasteiger partial charge on any atom is -0.446 e. The van der Waals surface area contributed by atoms with Gasteiger partial charge in [-0.3, -0.25) is 9.78 Å². The normalized spacial score (nSPS) is 10.7. The Labute approximate surface area is 112 Å². The fourth-order valence-corrected chi connectivity index (χ4v) is 2.19. The van der Waals surface area contributed by atoms with Crippen molar-refractivity contribution in [2.75, 3.05) is 0 Å². The highest BCUT2D eigenvalue weighted by atomic mass is 79.9. The summed E-state index contributed by atoms with van der Waals surface area (Å²) in [7, 11) is 0. The van der Waals surface area contributed by atoms with Gasteiger partial charge in [-0.05, 0) is 39.5 Å². The maximum absolute atomic E-state index is 12.3. The molecule has 0 saturated carbocycles. The number of aromatic nitrogens is 1. The van der Waals surface area contributed by atoms with Crippen LogP contribution in [0.15, 0.2) is 57.9 Å². The number of ketones is 1. The third-order valence-corrected chi connectivity index (χ3v) is 3.15. The fraction of sp³-hybridized carbons (Fsp3) is 0. The van der Waals surface area contributed by atoms with E-state index in [1.165, 1.54) is 0 Å². The largest absolute Gasteiger partial charge is 0.446 e. The van der Waals surface area contributed by atoms with Crippen molar-refractivity contribution in [1.82, 2.24) is 4.98 Å². The summed E-state index contributed by atoms with van der Waals surface area (Å²) in [6, 6.07) is 10.8. The van der Waals surface area contributed by atoms with Gasteiger partial charge in [0.25, 0.3) is 0 Å². The average Bonchev–Trinajstić information content (AvgIpc) is 2.84. The lowest BCUT2D eigenvalue weighted by atomic mass is 10.0. The molecule has 0 radical (unpaired) electrons. The molecule has 2 aromatic heterocycles. The van der Waals surface area contributed by atoms with Crippen LogP contribution in [0.4, 0.5) is 0 Å². The third-order valence-electron chi connectivity index (χ3n) is 2.73. The van der Waals surface area contributed by atoms with Gasteiger partial charge in [0.15, 0.2) is 10.4 Å². The van der Waals surface area contributed by atoms with Gasteiger partial charge < -0.3 is 4.42 Å². The Balaban J connectivity index is 2.17. The van der Waals surface area contributed by atoms with Gasteiger partial charge >= 0.3 is 0 Å². The Morgan fingerprint density at radius 1 is 1.17 bits per heavy atom. The van der Waals surface area contributed by atoms with Crippen LogP contribution in [0.25, 0.3) is 10.8 Å². The monoisotopic (exact) mass is 301 g/mol. The zero-order valence-electron chi connectivity index (χ0n) is 9.26. The van der Waals surface area contributed by atoms with Gasteiger partial charge in [-0.25, -0.2) is 0 Å². The molecule has 3 rings (SSSR count). The van der Waals surface area contributed by atoms with Gasteiger partial charge in [-0.15, -0.1) is 0 Å². The van der Waals surface area contributed by atoms with Gasteiger partial charge in [0.2, 0.25) is 5.78 Å². The minimum atomic E-state index is -0.140. The van der Waals surface area contributed by atoms with Crippen LogP contribution in [0.2, 0.25) is 0 Å².